The first-order valence-electron chi connectivity index (χ1n) is 7.33. The summed E-state index contributed by atoms with van der Waals surface area (Å²) >= 11 is 1.48. The fourth-order valence-electron chi connectivity index (χ4n) is 2.02. The molecule has 0 aliphatic rings. The highest BCUT2D eigenvalue weighted by Gasteiger charge is 2.10. The molecule has 1 amide bonds. The molecule has 1 atom stereocenters. The molecule has 1 N–H and O–H groups in total. The summed E-state index contributed by atoms with van der Waals surface area (Å²) in [7, 11) is 1.78. The van der Waals surface area contributed by atoms with Crippen molar-refractivity contribution in [1.82, 2.24) is 25.5 Å². The van der Waals surface area contributed by atoms with Crippen LogP contribution in [0.15, 0.2) is 29.4 Å². The Morgan fingerprint density at radius 2 is 2.09 bits per heavy atom. The van der Waals surface area contributed by atoms with Gasteiger partial charge in [-0.05, 0) is 34.9 Å². The summed E-state index contributed by atoms with van der Waals surface area (Å²) in [5.41, 5.74) is 2.42. The molecule has 2 rings (SSSR count). The molecule has 0 saturated carbocycles. The predicted octanol–water partition coefficient (Wildman–Crippen LogP) is 2.13. The topological polar surface area (TPSA) is 72.7 Å². The van der Waals surface area contributed by atoms with Gasteiger partial charge < -0.3 is 5.32 Å². The maximum atomic E-state index is 12.0. The molecule has 1 heterocycles. The van der Waals surface area contributed by atoms with Crippen molar-refractivity contribution in [2.45, 2.75) is 37.9 Å². The number of nitrogens with zero attached hydrogens (tertiary/aromatic N) is 4. The highest BCUT2D eigenvalue weighted by molar-refractivity contribution is 7.99. The Morgan fingerprint density at radius 3 is 2.68 bits per heavy atom. The summed E-state index contributed by atoms with van der Waals surface area (Å²) in [5.74, 6) is 0.691. The molecule has 2 aromatic rings. The van der Waals surface area contributed by atoms with Gasteiger partial charge in [-0.3, -0.25) is 4.79 Å². The maximum absolute atomic E-state index is 12.0. The second-order valence-corrected chi connectivity index (χ2v) is 6.13. The average molecular weight is 319 g/mol. The van der Waals surface area contributed by atoms with E-state index >= 15 is 0 Å². The van der Waals surface area contributed by atoms with E-state index < -0.39 is 0 Å². The summed E-state index contributed by atoms with van der Waals surface area (Å²) in [6.07, 6.45) is 1.46. The Kier molecular flexibility index (Phi) is 5.94. The van der Waals surface area contributed by atoms with Gasteiger partial charge in [0.05, 0.1) is 6.04 Å². The van der Waals surface area contributed by atoms with Crippen LogP contribution < -0.4 is 5.32 Å². The standard InChI is InChI=1S/C15H21N5OS/c1-4-12-5-7-13(8-6-12)11(2)16-14(21)9-10-22-15-17-18-19-20(15)3/h5-8,11H,4,9-10H2,1-3H3,(H,16,21)/t11-/m0/s1. The lowest BCUT2D eigenvalue weighted by molar-refractivity contribution is -0.121. The number of rotatable bonds is 7. The van der Waals surface area contributed by atoms with Gasteiger partial charge in [-0.2, -0.15) is 0 Å². The van der Waals surface area contributed by atoms with Crippen LogP contribution in [0.4, 0.5) is 0 Å². The molecule has 7 heteroatoms. The highest BCUT2D eigenvalue weighted by atomic mass is 32.2. The van der Waals surface area contributed by atoms with Crippen LogP contribution >= 0.6 is 11.8 Å². The van der Waals surface area contributed by atoms with Crippen LogP contribution in [0.3, 0.4) is 0 Å². The van der Waals surface area contributed by atoms with Gasteiger partial charge in [0.1, 0.15) is 0 Å². The summed E-state index contributed by atoms with van der Waals surface area (Å²) in [4.78, 5) is 12.0. The molecule has 0 aliphatic heterocycles. The monoisotopic (exact) mass is 319 g/mol. The number of hydrogen-bond acceptors (Lipinski definition) is 5. The zero-order valence-corrected chi connectivity index (χ0v) is 13.9. The molecule has 0 fully saturated rings. The third-order valence-electron chi connectivity index (χ3n) is 3.41. The number of aryl methyl sites for hydroxylation is 2. The molecular formula is C15H21N5OS. The number of nitrogens with one attached hydrogen (secondary N) is 1. The van der Waals surface area contributed by atoms with Gasteiger partial charge in [0.15, 0.2) is 0 Å². The molecule has 0 bridgehead atoms. The minimum atomic E-state index is 0.0138. The van der Waals surface area contributed by atoms with Gasteiger partial charge in [-0.15, -0.1) is 5.10 Å². The highest BCUT2D eigenvalue weighted by Crippen LogP contribution is 2.16. The first kappa shape index (κ1) is 16.5. The van der Waals surface area contributed by atoms with E-state index in [0.717, 1.165) is 17.1 Å². The predicted molar refractivity (Wildman–Crippen MR) is 86.5 cm³/mol. The number of carbonyl (C=O) groups excluding carboxylic acids is 1. The smallest absolute Gasteiger partial charge is 0.221 e. The second-order valence-electron chi connectivity index (χ2n) is 5.07. The molecule has 118 valence electrons. The van der Waals surface area contributed by atoms with Crippen molar-refractivity contribution in [3.63, 3.8) is 0 Å². The van der Waals surface area contributed by atoms with Crippen LogP contribution in [0.5, 0.6) is 0 Å². The normalized spacial score (nSPS) is 12.1. The number of amides is 1. The lowest BCUT2D eigenvalue weighted by Gasteiger charge is -2.14. The quantitative estimate of drug-likeness (QED) is 0.792. The number of hydrogen-bond donors (Lipinski definition) is 1. The minimum absolute atomic E-state index is 0.0138. The van der Waals surface area contributed by atoms with Gasteiger partial charge in [0, 0.05) is 19.2 Å². The molecule has 0 radical (unpaired) electrons. The van der Waals surface area contributed by atoms with E-state index in [9.17, 15) is 4.79 Å². The van der Waals surface area contributed by atoms with E-state index in [1.54, 1.807) is 11.7 Å². The summed E-state index contributed by atoms with van der Waals surface area (Å²) < 4.78 is 1.60. The third kappa shape index (κ3) is 4.56. The Balaban J connectivity index is 1.77. The van der Waals surface area contributed by atoms with Crippen molar-refractivity contribution in [2.75, 3.05) is 5.75 Å². The second kappa shape index (κ2) is 7.93. The van der Waals surface area contributed by atoms with Crippen molar-refractivity contribution in [2.24, 2.45) is 7.05 Å². The van der Waals surface area contributed by atoms with Crippen molar-refractivity contribution in [3.05, 3.63) is 35.4 Å². The van der Waals surface area contributed by atoms with Crippen LogP contribution in [-0.2, 0) is 18.3 Å². The van der Waals surface area contributed by atoms with E-state index in [0.29, 0.717) is 12.2 Å². The summed E-state index contributed by atoms with van der Waals surface area (Å²) in [6, 6.07) is 8.37. The van der Waals surface area contributed by atoms with Crippen molar-refractivity contribution < 1.29 is 4.79 Å². The molecule has 0 unspecified atom stereocenters. The Hall–Kier alpha value is -1.89. The lowest BCUT2D eigenvalue weighted by atomic mass is 10.0. The van der Waals surface area contributed by atoms with E-state index in [-0.39, 0.29) is 11.9 Å². The van der Waals surface area contributed by atoms with Gasteiger partial charge in [0.25, 0.3) is 0 Å². The lowest BCUT2D eigenvalue weighted by Crippen LogP contribution is -2.26. The minimum Gasteiger partial charge on any atom is -0.350 e. The Bertz CT molecular complexity index is 611. The van der Waals surface area contributed by atoms with Crippen LogP contribution in [-0.4, -0.2) is 31.9 Å². The Morgan fingerprint density at radius 1 is 1.36 bits per heavy atom. The van der Waals surface area contributed by atoms with Crippen LogP contribution in [0.25, 0.3) is 0 Å². The maximum Gasteiger partial charge on any atom is 0.221 e. The van der Waals surface area contributed by atoms with Crippen molar-refractivity contribution >= 4 is 17.7 Å². The number of carbonyl (C=O) groups is 1. The average Bonchev–Trinajstić information content (AvgIpc) is 2.92. The van der Waals surface area contributed by atoms with Gasteiger partial charge >= 0.3 is 0 Å². The van der Waals surface area contributed by atoms with Gasteiger partial charge in [-0.25, -0.2) is 4.68 Å². The van der Waals surface area contributed by atoms with E-state index in [1.807, 2.05) is 6.92 Å². The molecular weight excluding hydrogens is 298 g/mol. The van der Waals surface area contributed by atoms with E-state index in [2.05, 4.69) is 52.0 Å². The summed E-state index contributed by atoms with van der Waals surface area (Å²) in [5, 5.41) is 14.9. The zero-order chi connectivity index (χ0) is 15.9. The van der Waals surface area contributed by atoms with E-state index in [4.69, 9.17) is 0 Å². The SMILES string of the molecule is CCc1ccc([C@H](C)NC(=O)CCSc2nnnn2C)cc1. The van der Waals surface area contributed by atoms with Crippen LogP contribution in [0, 0.1) is 0 Å². The Labute approximate surface area is 134 Å². The van der Waals surface area contributed by atoms with Crippen molar-refractivity contribution in [1.29, 1.82) is 0 Å². The molecule has 0 aliphatic carbocycles. The summed E-state index contributed by atoms with van der Waals surface area (Å²) in [6.45, 7) is 4.13. The van der Waals surface area contributed by atoms with Gasteiger partial charge in [0.2, 0.25) is 11.1 Å². The van der Waals surface area contributed by atoms with Crippen LogP contribution in [0.2, 0.25) is 0 Å². The fourth-order valence-corrected chi connectivity index (χ4v) is 2.81. The zero-order valence-electron chi connectivity index (χ0n) is 13.1. The number of aromatic nitrogens is 4. The molecule has 0 spiro atoms. The molecule has 1 aromatic carbocycles. The van der Waals surface area contributed by atoms with Crippen molar-refractivity contribution in [3.8, 4) is 0 Å². The molecule has 6 nitrogen and oxygen atoms in total. The molecule has 0 saturated heterocycles. The fraction of sp³-hybridized carbons (Fsp3) is 0.467. The first-order chi connectivity index (χ1) is 10.6. The first-order valence-corrected chi connectivity index (χ1v) is 8.32. The molecule has 22 heavy (non-hydrogen) atoms. The third-order valence-corrected chi connectivity index (χ3v) is 4.42. The number of benzene rings is 1. The van der Waals surface area contributed by atoms with E-state index in [1.165, 1.54) is 17.3 Å². The number of tetrazole rings is 1. The van der Waals surface area contributed by atoms with Gasteiger partial charge in [-0.1, -0.05) is 43.0 Å². The van der Waals surface area contributed by atoms with Crippen LogP contribution in [0.1, 0.15) is 37.4 Å². The number of thioether (sulfide) groups is 1. The largest absolute Gasteiger partial charge is 0.350 e. The molecule has 1 aromatic heterocycles.